The second kappa shape index (κ2) is 32.9. The first-order valence-electron chi connectivity index (χ1n) is 45.9. The van der Waals surface area contributed by atoms with E-state index < -0.39 is 44.1 Å². The van der Waals surface area contributed by atoms with Gasteiger partial charge in [0, 0.05) is 131 Å². The second-order valence-corrected chi connectivity index (χ2v) is 31.1. The summed E-state index contributed by atoms with van der Waals surface area (Å²) in [5, 5.41) is 8.15. The quantitative estimate of drug-likeness (QED) is 0.111. The first kappa shape index (κ1) is 65.2. The molecule has 12 aromatic heterocycles. The van der Waals surface area contributed by atoms with Gasteiger partial charge in [0.2, 0.25) is 45.6 Å². The maximum absolute atomic E-state index is 14.6. The normalized spacial score (nSPS) is 14.8. The average Bonchev–Trinajstić information content (AvgIpc) is 1.56. The molecule has 0 saturated heterocycles. The van der Waals surface area contributed by atoms with Crippen LogP contribution in [-0.4, -0.2) is 19.9 Å². The number of pyridine rings is 8. The third-order valence-electron chi connectivity index (χ3n) is 22.5. The molecule has 13 heteroatoms. The number of nitrogens with zero attached hydrogens (tertiary/aromatic N) is 8. The number of rotatable bonds is 12. The number of halogens is 1. The number of hydrogen-bond donors (Lipinski definition) is 0. The van der Waals surface area contributed by atoms with Crippen molar-refractivity contribution in [3.05, 3.63) is 336 Å². The van der Waals surface area contributed by atoms with E-state index in [0.29, 0.717) is 34.0 Å². The van der Waals surface area contributed by atoms with Crippen LogP contribution in [0.2, 0.25) is 0 Å². The predicted octanol–water partition coefficient (Wildman–Crippen LogP) is 25.7. The maximum atomic E-state index is 14.6. The first-order chi connectivity index (χ1) is 62.7. The summed E-state index contributed by atoms with van der Waals surface area (Å²) in [6.07, 6.45) is 15.3. The molecule has 8 aromatic carbocycles. The smallest absolute Gasteiger partial charge is 0.227 e. The number of hydrogen-bond acceptors (Lipinski definition) is 8. The summed E-state index contributed by atoms with van der Waals surface area (Å²) in [4.78, 5) is 17.5. The van der Waals surface area contributed by atoms with Crippen molar-refractivity contribution in [3.8, 4) is 89.5 Å². The van der Waals surface area contributed by atoms with E-state index in [1.807, 2.05) is 159 Å². The predicted molar refractivity (Wildman–Crippen MR) is 485 cm³/mol. The van der Waals surface area contributed by atoms with Crippen molar-refractivity contribution >= 4 is 88.3 Å². The molecule has 3 atom stereocenters. The molecule has 0 fully saturated rings. The highest BCUT2D eigenvalue weighted by Gasteiger charge is 2.28. The van der Waals surface area contributed by atoms with Gasteiger partial charge in [-0.1, -0.05) is 174 Å². The Kier molecular flexibility index (Phi) is 17.9. The summed E-state index contributed by atoms with van der Waals surface area (Å²) < 4.78 is 142. The third-order valence-corrected chi connectivity index (χ3v) is 22.5. The fourth-order valence-electron chi connectivity index (χ4n) is 16.4. The molecule has 0 bridgehead atoms. The minimum atomic E-state index is -2.67. The Morgan fingerprint density at radius 1 is 0.333 bits per heavy atom. The SMILES string of the molecule is Cc1cccc(-c2ccc(-c3c(C)ccc4c3oc3ncccc34)[n+](C)c2)c1.[2H]C([2H])([2H])C([2H])(C)Cc1cccc(-c2ccc(-c3c(C)ccc4c3oc3ncccc34)[n+](C)c2)c1.[2H]C([2H])([2H])C([2H])(C)c1cc(-c2ccc(-c3c(C)ccc4c3oc3ncccc34)[n+](C)c2)ccc1F.[2H]C([2H])([2H])C([2H])(C)c1cccc(-c2ccc(-c3c(C)ccc4c3oc3ncccc34)[n+](C)c2)c1. The topological polar surface area (TPSA) is 120 Å². The fourth-order valence-corrected chi connectivity index (χ4v) is 16.4. The Balaban J connectivity index is 0.000000123. The van der Waals surface area contributed by atoms with Gasteiger partial charge in [0.25, 0.3) is 0 Å². The second-order valence-electron chi connectivity index (χ2n) is 31.1. The molecule has 20 aromatic rings. The van der Waals surface area contributed by atoms with Gasteiger partial charge in [-0.3, -0.25) is 0 Å². The van der Waals surface area contributed by atoms with Crippen molar-refractivity contribution in [2.45, 2.75) is 94.2 Å². The molecule has 3 unspecified atom stereocenters. The van der Waals surface area contributed by atoms with E-state index in [2.05, 4.69) is 173 Å². The highest BCUT2D eigenvalue weighted by atomic mass is 19.1. The van der Waals surface area contributed by atoms with Crippen molar-refractivity contribution in [3.63, 3.8) is 0 Å². The van der Waals surface area contributed by atoms with Crippen molar-refractivity contribution < 1.29 is 56.8 Å². The van der Waals surface area contributed by atoms with Crippen LogP contribution in [0.5, 0.6) is 0 Å². The zero-order chi connectivity index (χ0) is 93.6. The Morgan fingerprint density at radius 2 is 0.675 bits per heavy atom. The van der Waals surface area contributed by atoms with Crippen LogP contribution in [0.1, 0.15) is 114 Å². The van der Waals surface area contributed by atoms with E-state index in [9.17, 15) is 4.39 Å². The van der Waals surface area contributed by atoms with Crippen LogP contribution in [0.3, 0.4) is 0 Å². The van der Waals surface area contributed by atoms with Crippen LogP contribution in [-0.2, 0) is 34.6 Å². The van der Waals surface area contributed by atoms with E-state index in [1.54, 1.807) is 43.0 Å². The lowest BCUT2D eigenvalue weighted by atomic mass is 9.96. The Morgan fingerprint density at radius 3 is 1.03 bits per heavy atom. The summed E-state index contributed by atoms with van der Waals surface area (Å²) in [6.45, 7) is 7.12. The van der Waals surface area contributed by atoms with Crippen LogP contribution in [0.15, 0.2) is 304 Å². The number of benzene rings is 8. The van der Waals surface area contributed by atoms with Crippen molar-refractivity contribution in [1.29, 1.82) is 0 Å². The molecular formula is C107H97FN8O4+4. The molecule has 20 rings (SSSR count). The highest BCUT2D eigenvalue weighted by molar-refractivity contribution is 6.12. The maximum Gasteiger partial charge on any atom is 0.227 e. The van der Waals surface area contributed by atoms with Crippen LogP contribution in [0.25, 0.3) is 178 Å². The standard InChI is InChI=1S/C28H27N2O.C27H24FN2O.C27H25N2O.C25H21N2O/c1-18(2)15-20-7-5-8-21(16-20)22-11-13-25(30(4)17-22)26-19(3)10-12-23-24-9-6-14-29-28(24)31-27(23)26;1-16(2)22-14-18(8-11-23(22)28)19-9-12-24(30(4)15-19)25-17(3)7-10-20-21-6-5-13-29-27(21)31-26(20)25;1-17(2)19-7-5-8-20(15-19)21-11-13-24(29(4)16-21)25-18(3)10-12-22-23-9-6-14-28-27(23)30-26(22)25;1-16-6-4-7-18(14-16)19-10-12-22(27(3)15-19)23-17(2)9-11-20-21-8-5-13-26-25(21)28-24(20)23/h5-14,16-18H,15H2,1-4H3;5-16H,1-4H3;5-17H,1-4H3;4-15H,1-3H3/q4*+1/i1D3,18D;1D3,16D;1D3,17D;. The molecule has 12 nitrogen and oxygen atoms in total. The minimum absolute atomic E-state index is 0.155. The van der Waals surface area contributed by atoms with Gasteiger partial charge in [-0.2, -0.15) is 0 Å². The van der Waals surface area contributed by atoms with Crippen LogP contribution >= 0.6 is 0 Å². The largest absolute Gasteiger partial charge is 0.437 e. The molecule has 0 spiro atoms. The van der Waals surface area contributed by atoms with Crippen LogP contribution < -0.4 is 18.3 Å². The van der Waals surface area contributed by atoms with Crippen LogP contribution in [0.4, 0.5) is 4.39 Å². The molecular weight excluding hydrogens is 1480 g/mol. The zero-order valence-electron chi connectivity index (χ0n) is 80.9. The summed E-state index contributed by atoms with van der Waals surface area (Å²) in [5.74, 6) is -6.01. The Hall–Kier alpha value is -13.9. The van der Waals surface area contributed by atoms with Crippen molar-refractivity contribution in [2.24, 2.45) is 34.1 Å². The Labute approximate surface area is 715 Å². The molecule has 120 heavy (non-hydrogen) atoms. The van der Waals surface area contributed by atoms with Gasteiger partial charge in [-0.15, -0.1) is 0 Å². The van der Waals surface area contributed by atoms with E-state index in [4.69, 9.17) is 34.1 Å². The lowest BCUT2D eigenvalue weighted by Gasteiger charge is -2.10. The molecule has 0 radical (unpaired) electrons. The number of aromatic nitrogens is 8. The molecule has 0 aliphatic rings. The lowest BCUT2D eigenvalue weighted by molar-refractivity contribution is -0.660. The average molecular weight is 1590 g/mol. The summed E-state index contributed by atoms with van der Waals surface area (Å²) in [7, 11) is 8.00. The molecule has 12 heterocycles. The summed E-state index contributed by atoms with van der Waals surface area (Å²) in [5.41, 5.74) is 28.5. The van der Waals surface area contributed by atoms with E-state index in [1.165, 1.54) is 55.2 Å². The number of fused-ring (bicyclic) bond motifs is 12. The zero-order valence-corrected chi connectivity index (χ0v) is 68.9. The summed E-state index contributed by atoms with van der Waals surface area (Å²) in [6, 6.07) is 76.9. The third kappa shape index (κ3) is 15.3. The van der Waals surface area contributed by atoms with Gasteiger partial charge in [-0.25, -0.2) is 42.6 Å². The lowest BCUT2D eigenvalue weighted by Crippen LogP contribution is -2.31. The number of aryl methyl sites for hydroxylation is 9. The Bertz CT molecular complexity index is 7920. The van der Waals surface area contributed by atoms with Crippen molar-refractivity contribution in [2.75, 3.05) is 0 Å². The molecule has 0 aliphatic heterocycles. The fraction of sp³-hybridized carbons (Fsp3) is 0.178. The van der Waals surface area contributed by atoms with Crippen LogP contribution in [0, 0.1) is 46.3 Å². The molecule has 0 amide bonds. The molecule has 0 aliphatic carbocycles. The van der Waals surface area contributed by atoms with E-state index >= 15 is 0 Å². The molecule has 0 N–H and O–H groups in total. The first-order valence-corrected chi connectivity index (χ1v) is 39.9. The number of furan rings is 4. The van der Waals surface area contributed by atoms with Gasteiger partial charge in [0.15, 0.2) is 47.1 Å². The van der Waals surface area contributed by atoms with Crippen molar-refractivity contribution in [1.82, 2.24) is 19.9 Å². The van der Waals surface area contributed by atoms with Gasteiger partial charge < -0.3 is 17.7 Å². The van der Waals surface area contributed by atoms with Gasteiger partial charge >= 0.3 is 0 Å². The van der Waals surface area contributed by atoms with E-state index in [-0.39, 0.29) is 12.0 Å². The monoisotopic (exact) mass is 1590 g/mol. The van der Waals surface area contributed by atoms with E-state index in [0.717, 1.165) is 161 Å². The van der Waals surface area contributed by atoms with Gasteiger partial charge in [0.1, 0.15) is 34.0 Å². The van der Waals surface area contributed by atoms with Gasteiger partial charge in [0.05, 0.1) is 22.3 Å². The van der Waals surface area contributed by atoms with Gasteiger partial charge in [-0.05, 0) is 205 Å². The summed E-state index contributed by atoms with van der Waals surface area (Å²) >= 11 is 0. The highest BCUT2D eigenvalue weighted by Crippen LogP contribution is 2.42. The minimum Gasteiger partial charge on any atom is -0.437 e. The molecule has 592 valence electrons. The molecule has 0 saturated carbocycles.